The van der Waals surface area contributed by atoms with Crippen LogP contribution in [0, 0.1) is 13.8 Å². The second-order valence-corrected chi connectivity index (χ2v) is 7.03. The van der Waals surface area contributed by atoms with Gasteiger partial charge in [0.1, 0.15) is 5.52 Å². The molecule has 0 saturated carbocycles. The van der Waals surface area contributed by atoms with E-state index in [9.17, 15) is 0 Å². The molecule has 29 heavy (non-hydrogen) atoms. The minimum absolute atomic E-state index is 0.491. The molecule has 0 fully saturated rings. The summed E-state index contributed by atoms with van der Waals surface area (Å²) in [6, 6.07) is 18.2. The third kappa shape index (κ3) is 2.91. The highest BCUT2D eigenvalue weighted by Gasteiger charge is 2.13. The van der Waals surface area contributed by atoms with E-state index in [4.69, 9.17) is 4.52 Å². The predicted octanol–water partition coefficient (Wildman–Crippen LogP) is 4.58. The number of hydrogen-bond acceptors (Lipinski definition) is 5. The molecular weight excluding hydrogens is 364 g/mol. The average molecular weight is 384 g/mol. The van der Waals surface area contributed by atoms with Gasteiger partial charge in [-0.3, -0.25) is 0 Å². The van der Waals surface area contributed by atoms with Crippen molar-refractivity contribution in [2.45, 2.75) is 27.3 Å². The van der Waals surface area contributed by atoms with E-state index in [1.165, 1.54) is 11.4 Å². The summed E-state index contributed by atoms with van der Waals surface area (Å²) in [6.45, 7) is 7.01. The van der Waals surface area contributed by atoms with Crippen LogP contribution >= 0.6 is 0 Å². The Balaban J connectivity index is 1.45. The molecule has 0 radical (unpaired) electrons. The Hall–Kier alpha value is -3.74. The number of benzene rings is 2. The van der Waals surface area contributed by atoms with Crippen molar-refractivity contribution in [3.05, 3.63) is 66.0 Å². The molecule has 0 unspecified atom stereocenters. The van der Waals surface area contributed by atoms with Gasteiger partial charge in [-0.1, -0.05) is 10.4 Å². The van der Waals surface area contributed by atoms with E-state index in [-0.39, 0.29) is 0 Å². The van der Waals surface area contributed by atoms with Crippen LogP contribution in [0.25, 0.3) is 39.6 Å². The van der Waals surface area contributed by atoms with Crippen molar-refractivity contribution < 1.29 is 4.52 Å². The Morgan fingerprint density at radius 1 is 0.897 bits per heavy atom. The first-order valence-corrected chi connectivity index (χ1v) is 9.57. The van der Waals surface area contributed by atoms with Crippen LogP contribution in [0.15, 0.2) is 59.1 Å². The topological polar surface area (TPSA) is 74.6 Å². The van der Waals surface area contributed by atoms with Crippen molar-refractivity contribution in [2.75, 3.05) is 0 Å². The SMILES string of the molecule is CCn1nnc2cc(-c3noc(-c4ccc(-n5c(C)ccc5C)cc4)n3)ccc21. The highest BCUT2D eigenvalue weighted by Crippen LogP contribution is 2.26. The van der Waals surface area contributed by atoms with Gasteiger partial charge in [-0.2, -0.15) is 4.98 Å². The van der Waals surface area contributed by atoms with Crippen LogP contribution in [-0.4, -0.2) is 29.7 Å². The molecule has 0 amide bonds. The zero-order chi connectivity index (χ0) is 20.0. The molecule has 3 heterocycles. The molecule has 5 aromatic rings. The quantitative estimate of drug-likeness (QED) is 0.453. The predicted molar refractivity (Wildman–Crippen MR) is 111 cm³/mol. The number of hydrogen-bond donors (Lipinski definition) is 0. The van der Waals surface area contributed by atoms with Crippen molar-refractivity contribution in [3.63, 3.8) is 0 Å². The number of fused-ring (bicyclic) bond motifs is 1. The molecule has 0 N–H and O–H groups in total. The van der Waals surface area contributed by atoms with Crippen LogP contribution in [0.4, 0.5) is 0 Å². The lowest BCUT2D eigenvalue weighted by Crippen LogP contribution is -1.98. The molecule has 2 aromatic carbocycles. The summed E-state index contributed by atoms with van der Waals surface area (Å²) >= 11 is 0. The average Bonchev–Trinajstić information content (AvgIpc) is 3.46. The van der Waals surface area contributed by atoms with Gasteiger partial charge in [0.2, 0.25) is 5.82 Å². The summed E-state index contributed by atoms with van der Waals surface area (Å²) in [5.41, 5.74) is 7.05. The molecule has 5 rings (SSSR count). The standard InChI is InChI=1S/C22H20N6O/c1-4-27-20-12-9-17(13-19(20)24-26-27)21-23-22(29-25-21)16-7-10-18(11-8-16)28-14(2)5-6-15(28)3/h5-13H,4H2,1-3H3. The van der Waals surface area contributed by atoms with Gasteiger partial charge in [0, 0.05) is 34.7 Å². The molecule has 0 aliphatic heterocycles. The van der Waals surface area contributed by atoms with E-state index >= 15 is 0 Å². The molecule has 144 valence electrons. The lowest BCUT2D eigenvalue weighted by Gasteiger charge is -2.09. The Bertz CT molecular complexity index is 1290. The zero-order valence-corrected chi connectivity index (χ0v) is 16.5. The molecule has 3 aromatic heterocycles. The van der Waals surface area contributed by atoms with Crippen LogP contribution in [0.1, 0.15) is 18.3 Å². The van der Waals surface area contributed by atoms with Gasteiger partial charge in [-0.05, 0) is 75.4 Å². The molecule has 7 nitrogen and oxygen atoms in total. The van der Waals surface area contributed by atoms with Crippen LogP contribution in [0.5, 0.6) is 0 Å². The Morgan fingerprint density at radius 3 is 2.34 bits per heavy atom. The Labute approximate surface area is 167 Å². The van der Waals surface area contributed by atoms with Crippen molar-refractivity contribution in [1.29, 1.82) is 0 Å². The fourth-order valence-electron chi connectivity index (χ4n) is 3.63. The first kappa shape index (κ1) is 17.4. The summed E-state index contributed by atoms with van der Waals surface area (Å²) in [6.07, 6.45) is 0. The van der Waals surface area contributed by atoms with Gasteiger partial charge in [-0.15, -0.1) is 5.10 Å². The van der Waals surface area contributed by atoms with E-state index in [1.54, 1.807) is 0 Å². The molecular formula is C22H20N6O. The summed E-state index contributed by atoms with van der Waals surface area (Å²) in [5, 5.41) is 12.5. The molecule has 7 heteroatoms. The van der Waals surface area contributed by atoms with Gasteiger partial charge < -0.3 is 9.09 Å². The van der Waals surface area contributed by atoms with Crippen molar-refractivity contribution >= 4 is 11.0 Å². The lowest BCUT2D eigenvalue weighted by molar-refractivity contribution is 0.432. The monoisotopic (exact) mass is 384 g/mol. The highest BCUT2D eigenvalue weighted by atomic mass is 16.5. The number of nitrogens with zero attached hydrogens (tertiary/aromatic N) is 6. The Morgan fingerprint density at radius 2 is 1.62 bits per heavy atom. The largest absolute Gasteiger partial charge is 0.334 e. The molecule has 0 saturated heterocycles. The molecule has 0 bridgehead atoms. The third-order valence-corrected chi connectivity index (χ3v) is 5.14. The summed E-state index contributed by atoms with van der Waals surface area (Å²) in [7, 11) is 0. The molecule has 0 aliphatic carbocycles. The minimum atomic E-state index is 0.491. The molecule has 0 atom stereocenters. The van der Waals surface area contributed by atoms with Crippen LogP contribution < -0.4 is 0 Å². The van der Waals surface area contributed by atoms with E-state index in [2.05, 4.69) is 63.1 Å². The van der Waals surface area contributed by atoms with Gasteiger partial charge in [0.25, 0.3) is 5.89 Å². The molecule has 0 spiro atoms. The van der Waals surface area contributed by atoms with Gasteiger partial charge in [0.15, 0.2) is 0 Å². The summed E-state index contributed by atoms with van der Waals surface area (Å²) < 4.78 is 9.58. The highest BCUT2D eigenvalue weighted by molar-refractivity contribution is 5.80. The molecule has 0 aliphatic rings. The summed E-state index contributed by atoms with van der Waals surface area (Å²) in [4.78, 5) is 4.57. The van der Waals surface area contributed by atoms with E-state index in [0.717, 1.165) is 34.4 Å². The maximum absolute atomic E-state index is 5.51. The van der Waals surface area contributed by atoms with Gasteiger partial charge in [-0.25, -0.2) is 4.68 Å². The van der Waals surface area contributed by atoms with Gasteiger partial charge in [0.05, 0.1) is 5.52 Å². The Kier molecular flexibility index (Phi) is 4.01. The van der Waals surface area contributed by atoms with Crippen LogP contribution in [-0.2, 0) is 6.54 Å². The van der Waals surface area contributed by atoms with Gasteiger partial charge >= 0.3 is 0 Å². The fourth-order valence-corrected chi connectivity index (χ4v) is 3.63. The van der Waals surface area contributed by atoms with Crippen molar-refractivity contribution in [2.24, 2.45) is 0 Å². The number of aryl methyl sites for hydroxylation is 3. The normalized spacial score (nSPS) is 11.4. The second kappa shape index (κ2) is 6.70. The minimum Gasteiger partial charge on any atom is -0.334 e. The first-order valence-electron chi connectivity index (χ1n) is 9.57. The first-order chi connectivity index (χ1) is 14.1. The summed E-state index contributed by atoms with van der Waals surface area (Å²) in [5.74, 6) is 1.03. The zero-order valence-electron chi connectivity index (χ0n) is 16.5. The maximum atomic E-state index is 5.51. The van der Waals surface area contributed by atoms with Crippen LogP contribution in [0.2, 0.25) is 0 Å². The third-order valence-electron chi connectivity index (χ3n) is 5.14. The van der Waals surface area contributed by atoms with E-state index < -0.39 is 0 Å². The lowest BCUT2D eigenvalue weighted by atomic mass is 10.2. The fraction of sp³-hybridized carbons (Fsp3) is 0.182. The van der Waals surface area contributed by atoms with E-state index in [0.29, 0.717) is 11.7 Å². The number of rotatable bonds is 4. The van der Waals surface area contributed by atoms with E-state index in [1.807, 2.05) is 41.9 Å². The number of aromatic nitrogens is 6. The van der Waals surface area contributed by atoms with Crippen molar-refractivity contribution in [1.82, 2.24) is 29.7 Å². The second-order valence-electron chi connectivity index (χ2n) is 7.03. The van der Waals surface area contributed by atoms with Crippen LogP contribution in [0.3, 0.4) is 0 Å². The van der Waals surface area contributed by atoms with Crippen molar-refractivity contribution in [3.8, 4) is 28.5 Å². The smallest absolute Gasteiger partial charge is 0.258 e. The maximum Gasteiger partial charge on any atom is 0.258 e.